The molecule has 0 saturated carbocycles. The third-order valence-corrected chi connectivity index (χ3v) is 5.46. The van der Waals surface area contributed by atoms with Gasteiger partial charge in [-0.3, -0.25) is 4.79 Å². The molecule has 27 heavy (non-hydrogen) atoms. The Kier molecular flexibility index (Phi) is 8.09. The molecule has 0 spiro atoms. The lowest BCUT2D eigenvalue weighted by Gasteiger charge is -2.42. The normalized spacial score (nSPS) is 23.4. The molecule has 7 heteroatoms. The summed E-state index contributed by atoms with van der Waals surface area (Å²) >= 11 is 6.15. The van der Waals surface area contributed by atoms with E-state index in [-0.39, 0.29) is 31.0 Å². The van der Waals surface area contributed by atoms with Gasteiger partial charge in [-0.15, -0.1) is 18.3 Å². The second kappa shape index (κ2) is 10.1. The number of hydrogen-bond acceptors (Lipinski definition) is 4. The number of carbonyl (C=O) groups is 1. The van der Waals surface area contributed by atoms with Gasteiger partial charge in [0, 0.05) is 31.6 Å². The van der Waals surface area contributed by atoms with Crippen molar-refractivity contribution < 1.29 is 9.53 Å². The van der Waals surface area contributed by atoms with Crippen LogP contribution in [0.5, 0.6) is 5.75 Å². The van der Waals surface area contributed by atoms with Crippen LogP contribution in [0.25, 0.3) is 0 Å². The summed E-state index contributed by atoms with van der Waals surface area (Å²) in [7, 11) is 0. The molecule has 2 bridgehead atoms. The number of amides is 1. The summed E-state index contributed by atoms with van der Waals surface area (Å²) in [6.45, 7) is 5.49. The van der Waals surface area contributed by atoms with E-state index in [1.165, 1.54) is 19.4 Å². The lowest BCUT2D eigenvalue weighted by atomic mass is 9.85. The zero-order valence-corrected chi connectivity index (χ0v) is 17.2. The van der Waals surface area contributed by atoms with Crippen molar-refractivity contribution in [3.8, 4) is 17.6 Å². The molecule has 1 amide bonds. The molecule has 3 atom stereocenters. The van der Waals surface area contributed by atoms with E-state index in [4.69, 9.17) is 22.1 Å². The number of piperidine rings is 2. The van der Waals surface area contributed by atoms with E-state index in [0.29, 0.717) is 27.9 Å². The first-order valence-electron chi connectivity index (χ1n) is 9.29. The van der Waals surface area contributed by atoms with Gasteiger partial charge >= 0.3 is 0 Å². The second-order valence-corrected chi connectivity index (χ2v) is 7.34. The quantitative estimate of drug-likeness (QED) is 0.588. The van der Waals surface area contributed by atoms with Crippen LogP contribution in [0, 0.1) is 17.8 Å². The summed E-state index contributed by atoms with van der Waals surface area (Å²) in [5.74, 6) is 6.64. The Balaban J connectivity index is 0.00000261. The number of anilines is 1. The molecule has 0 aromatic heterocycles. The highest BCUT2D eigenvalue weighted by atomic mass is 35.5. The molecular formula is C20H27Cl2N3O2. The van der Waals surface area contributed by atoms with Crippen molar-refractivity contribution in [3.05, 3.63) is 22.7 Å². The van der Waals surface area contributed by atoms with Crippen LogP contribution in [0.3, 0.4) is 0 Å². The highest BCUT2D eigenvalue weighted by molar-refractivity contribution is 6.33. The summed E-state index contributed by atoms with van der Waals surface area (Å²) < 4.78 is 5.69. The van der Waals surface area contributed by atoms with Gasteiger partial charge in [0.25, 0.3) is 5.91 Å². The van der Waals surface area contributed by atoms with Gasteiger partial charge in [-0.1, -0.05) is 24.4 Å². The molecule has 3 rings (SSSR count). The maximum absolute atomic E-state index is 12.9. The van der Waals surface area contributed by atoms with Crippen LogP contribution >= 0.6 is 24.0 Å². The molecule has 2 fully saturated rings. The van der Waals surface area contributed by atoms with Gasteiger partial charge in [0.15, 0.2) is 0 Å². The largest absolute Gasteiger partial charge is 0.480 e. The lowest BCUT2D eigenvalue weighted by molar-refractivity contribution is 0.0736. The van der Waals surface area contributed by atoms with Crippen molar-refractivity contribution in [1.29, 1.82) is 0 Å². The first kappa shape index (κ1) is 21.7. The van der Waals surface area contributed by atoms with Crippen LogP contribution in [-0.4, -0.2) is 43.1 Å². The standard InChI is InChI=1S/C20H26ClN3O2.ClH/c1-2-3-4-10-26-19-12-17(22)16(21)11-15(19)20(25)23-18-7-9-24-8-5-6-14(18)13-24;/h11-12,14,18H,2,5-10,13,22H2,1H3,(H,23,25);1H/t14-,18?;/m1./s1. The number of fused-ring (bicyclic) bond motifs is 2. The van der Waals surface area contributed by atoms with Crippen LogP contribution in [0.2, 0.25) is 5.02 Å². The summed E-state index contributed by atoms with van der Waals surface area (Å²) in [4.78, 5) is 15.4. The topological polar surface area (TPSA) is 67.6 Å². The maximum Gasteiger partial charge on any atom is 0.255 e. The molecule has 5 nitrogen and oxygen atoms in total. The first-order chi connectivity index (χ1) is 12.6. The Morgan fingerprint density at radius 3 is 2.96 bits per heavy atom. The number of rotatable bonds is 4. The molecule has 2 aliphatic rings. The fourth-order valence-electron chi connectivity index (χ4n) is 3.77. The number of nitrogens with one attached hydrogen (secondary N) is 1. The van der Waals surface area contributed by atoms with E-state index in [2.05, 4.69) is 22.1 Å². The summed E-state index contributed by atoms with van der Waals surface area (Å²) in [5.41, 5.74) is 6.69. The van der Waals surface area contributed by atoms with Crippen LogP contribution < -0.4 is 15.8 Å². The molecule has 0 aliphatic carbocycles. The zero-order valence-electron chi connectivity index (χ0n) is 15.6. The Hall–Kier alpha value is -1.61. The molecular weight excluding hydrogens is 385 g/mol. The number of ether oxygens (including phenoxy) is 1. The molecule has 2 saturated heterocycles. The highest BCUT2D eigenvalue weighted by Crippen LogP contribution is 2.31. The molecule has 3 N–H and O–H groups in total. The van der Waals surface area contributed by atoms with Gasteiger partial charge in [0.1, 0.15) is 12.4 Å². The Labute approximate surface area is 172 Å². The number of carbonyl (C=O) groups excluding carboxylic acids is 1. The summed E-state index contributed by atoms with van der Waals surface area (Å²) in [6, 6.07) is 3.39. The molecule has 2 aliphatic heterocycles. The van der Waals surface area contributed by atoms with Crippen LogP contribution in [-0.2, 0) is 0 Å². The maximum atomic E-state index is 12.9. The second-order valence-electron chi connectivity index (χ2n) is 6.94. The van der Waals surface area contributed by atoms with Gasteiger partial charge < -0.3 is 20.7 Å². The van der Waals surface area contributed by atoms with E-state index >= 15 is 0 Å². The Morgan fingerprint density at radius 1 is 1.37 bits per heavy atom. The molecule has 2 heterocycles. The van der Waals surface area contributed by atoms with E-state index in [0.717, 1.165) is 25.9 Å². The molecule has 1 aromatic carbocycles. The fraction of sp³-hybridized carbons (Fsp3) is 0.550. The molecule has 2 unspecified atom stereocenters. The van der Waals surface area contributed by atoms with Crippen LogP contribution in [0.4, 0.5) is 5.69 Å². The number of nitrogens with two attached hydrogens (primary N) is 1. The van der Waals surface area contributed by atoms with Crippen molar-refractivity contribution in [3.63, 3.8) is 0 Å². The predicted octanol–water partition coefficient (Wildman–Crippen LogP) is 3.35. The average molecular weight is 412 g/mol. The van der Waals surface area contributed by atoms with E-state index in [1.807, 2.05) is 6.92 Å². The smallest absolute Gasteiger partial charge is 0.255 e. The monoisotopic (exact) mass is 411 g/mol. The van der Waals surface area contributed by atoms with Gasteiger partial charge in [0.05, 0.1) is 16.3 Å². The third-order valence-electron chi connectivity index (χ3n) is 5.13. The number of halogens is 2. The van der Waals surface area contributed by atoms with Crippen molar-refractivity contribution in [2.24, 2.45) is 5.92 Å². The first-order valence-corrected chi connectivity index (χ1v) is 9.67. The number of nitrogen functional groups attached to an aromatic ring is 1. The summed E-state index contributed by atoms with van der Waals surface area (Å²) in [5, 5.41) is 3.55. The van der Waals surface area contributed by atoms with Gasteiger partial charge in [0.2, 0.25) is 0 Å². The van der Waals surface area contributed by atoms with Crippen molar-refractivity contribution in [2.75, 3.05) is 32.0 Å². The van der Waals surface area contributed by atoms with Gasteiger partial charge in [-0.25, -0.2) is 0 Å². The molecule has 0 radical (unpaired) electrons. The minimum atomic E-state index is -0.158. The predicted molar refractivity (Wildman–Crippen MR) is 112 cm³/mol. The van der Waals surface area contributed by atoms with Crippen molar-refractivity contribution >= 4 is 35.6 Å². The molecule has 1 aromatic rings. The van der Waals surface area contributed by atoms with Crippen molar-refractivity contribution in [1.82, 2.24) is 10.2 Å². The highest BCUT2D eigenvalue weighted by Gasteiger charge is 2.33. The van der Waals surface area contributed by atoms with Gasteiger partial charge in [-0.05, 0) is 37.8 Å². The Morgan fingerprint density at radius 2 is 2.19 bits per heavy atom. The SMILES string of the molecule is CCC#CCOc1cc(N)c(Cl)cc1C(=O)NC1CCN2CCC[C@@H]1C2.Cl. The molecule has 148 valence electrons. The number of nitrogens with zero attached hydrogens (tertiary/aromatic N) is 1. The van der Waals surface area contributed by atoms with Crippen LogP contribution in [0.15, 0.2) is 12.1 Å². The Bertz CT molecular complexity index is 730. The van der Waals surface area contributed by atoms with E-state index in [1.54, 1.807) is 12.1 Å². The fourth-order valence-corrected chi connectivity index (χ4v) is 3.94. The minimum Gasteiger partial charge on any atom is -0.480 e. The zero-order chi connectivity index (χ0) is 18.5. The lowest BCUT2D eigenvalue weighted by Crippen LogP contribution is -2.53. The van der Waals surface area contributed by atoms with Crippen molar-refractivity contribution in [2.45, 2.75) is 38.6 Å². The summed E-state index contributed by atoms with van der Waals surface area (Å²) in [6.07, 6.45) is 4.12. The number of hydrogen-bond donors (Lipinski definition) is 2. The third kappa shape index (κ3) is 5.44. The van der Waals surface area contributed by atoms with Crippen LogP contribution in [0.1, 0.15) is 43.0 Å². The number of benzene rings is 1. The average Bonchev–Trinajstić information content (AvgIpc) is 2.64. The van der Waals surface area contributed by atoms with Gasteiger partial charge in [-0.2, -0.15) is 0 Å². The van der Waals surface area contributed by atoms with E-state index < -0.39 is 0 Å². The van der Waals surface area contributed by atoms with E-state index in [9.17, 15) is 4.79 Å². The minimum absolute atomic E-state index is 0.